The monoisotopic (exact) mass is 308 g/mol. The van der Waals surface area contributed by atoms with Gasteiger partial charge in [0.2, 0.25) is 0 Å². The summed E-state index contributed by atoms with van der Waals surface area (Å²) in [5.41, 5.74) is 0.671. The first-order valence-electron chi connectivity index (χ1n) is 7.03. The molecule has 0 saturated carbocycles. The maximum Gasteiger partial charge on any atom is 0.180 e. The molecule has 0 atom stereocenters. The molecule has 2 aromatic rings. The number of sulfone groups is 1. The smallest absolute Gasteiger partial charge is 0.180 e. The second-order valence-corrected chi connectivity index (χ2v) is 6.84. The molecule has 1 aromatic carbocycles. The highest BCUT2D eigenvalue weighted by Gasteiger charge is 2.16. The van der Waals surface area contributed by atoms with E-state index in [0.29, 0.717) is 23.5 Å². The Bertz CT molecular complexity index is 653. The molecule has 1 aromatic heterocycles. The summed E-state index contributed by atoms with van der Waals surface area (Å²) in [6.07, 6.45) is 4.90. The van der Waals surface area contributed by atoms with Crippen LogP contribution in [0.3, 0.4) is 0 Å². The van der Waals surface area contributed by atoms with Crippen LogP contribution in [0.2, 0.25) is 0 Å². The predicted octanol–water partition coefficient (Wildman–Crippen LogP) is 1.96. The Balaban J connectivity index is 1.97. The van der Waals surface area contributed by atoms with Gasteiger partial charge in [0.1, 0.15) is 0 Å². The molecule has 7 heteroatoms. The molecule has 0 aliphatic carbocycles. The van der Waals surface area contributed by atoms with Crippen LogP contribution in [-0.2, 0) is 16.4 Å². The third kappa shape index (κ3) is 4.29. The summed E-state index contributed by atoms with van der Waals surface area (Å²) < 4.78 is 26.2. The molecule has 114 valence electrons. The average molecular weight is 308 g/mol. The van der Waals surface area contributed by atoms with E-state index in [1.807, 2.05) is 13.0 Å². The van der Waals surface area contributed by atoms with Crippen molar-refractivity contribution < 1.29 is 8.42 Å². The van der Waals surface area contributed by atoms with Gasteiger partial charge in [-0.15, -0.1) is 5.10 Å². The van der Waals surface area contributed by atoms with Crippen molar-refractivity contribution in [3.8, 4) is 0 Å². The van der Waals surface area contributed by atoms with Crippen molar-refractivity contribution in [2.75, 3.05) is 17.6 Å². The molecule has 6 nitrogen and oxygen atoms in total. The van der Waals surface area contributed by atoms with E-state index in [1.54, 1.807) is 35.3 Å². The first kappa shape index (κ1) is 15.5. The van der Waals surface area contributed by atoms with Gasteiger partial charge in [0.25, 0.3) is 0 Å². The summed E-state index contributed by atoms with van der Waals surface area (Å²) in [5.74, 6) is 0.171. The van der Waals surface area contributed by atoms with Gasteiger partial charge in [-0.2, -0.15) is 0 Å². The van der Waals surface area contributed by atoms with Crippen LogP contribution >= 0.6 is 0 Å². The predicted molar refractivity (Wildman–Crippen MR) is 81.9 cm³/mol. The Morgan fingerprint density at radius 3 is 2.81 bits per heavy atom. The van der Waals surface area contributed by atoms with Gasteiger partial charge < -0.3 is 5.32 Å². The molecule has 0 saturated heterocycles. The Morgan fingerprint density at radius 1 is 1.29 bits per heavy atom. The number of para-hydroxylation sites is 1. The summed E-state index contributed by atoms with van der Waals surface area (Å²) >= 11 is 0. The Hall–Kier alpha value is -1.89. The second kappa shape index (κ2) is 7.21. The van der Waals surface area contributed by atoms with Gasteiger partial charge in [-0.05, 0) is 25.0 Å². The van der Waals surface area contributed by atoms with Gasteiger partial charge in [-0.25, -0.2) is 8.42 Å². The molecule has 0 fully saturated rings. The highest BCUT2D eigenvalue weighted by molar-refractivity contribution is 7.91. The zero-order valence-corrected chi connectivity index (χ0v) is 12.9. The number of nitrogens with zero attached hydrogens (tertiary/aromatic N) is 3. The van der Waals surface area contributed by atoms with Crippen LogP contribution in [0, 0.1) is 0 Å². The van der Waals surface area contributed by atoms with E-state index in [1.165, 1.54) is 0 Å². The minimum Gasteiger partial charge on any atom is -0.384 e. The number of nitrogens with one attached hydrogen (secondary N) is 1. The summed E-state index contributed by atoms with van der Waals surface area (Å²) in [6.45, 7) is 3.29. The van der Waals surface area contributed by atoms with Gasteiger partial charge >= 0.3 is 0 Å². The molecule has 0 unspecified atom stereocenters. The first-order chi connectivity index (χ1) is 10.1. The average Bonchev–Trinajstić information content (AvgIpc) is 2.97. The summed E-state index contributed by atoms with van der Waals surface area (Å²) in [4.78, 5) is 0.382. The van der Waals surface area contributed by atoms with Crippen LogP contribution in [0.4, 0.5) is 5.69 Å². The van der Waals surface area contributed by atoms with Gasteiger partial charge in [0, 0.05) is 19.3 Å². The molecule has 2 rings (SSSR count). The van der Waals surface area contributed by atoms with Crippen LogP contribution in [0.15, 0.2) is 41.6 Å². The van der Waals surface area contributed by atoms with E-state index < -0.39 is 9.84 Å². The number of anilines is 1. The van der Waals surface area contributed by atoms with Crippen LogP contribution in [0.25, 0.3) is 0 Å². The van der Waals surface area contributed by atoms with Gasteiger partial charge in [-0.1, -0.05) is 24.3 Å². The Kier molecular flexibility index (Phi) is 5.32. The summed E-state index contributed by atoms with van der Waals surface area (Å²) in [7, 11) is -3.21. The fraction of sp³-hybridized carbons (Fsp3) is 0.429. The van der Waals surface area contributed by atoms with E-state index in [-0.39, 0.29) is 5.75 Å². The molecule has 1 heterocycles. The quantitative estimate of drug-likeness (QED) is 0.754. The van der Waals surface area contributed by atoms with E-state index in [9.17, 15) is 8.42 Å². The largest absolute Gasteiger partial charge is 0.384 e. The lowest BCUT2D eigenvalue weighted by Crippen LogP contribution is -2.12. The fourth-order valence-electron chi connectivity index (χ4n) is 2.08. The molecule has 0 amide bonds. The van der Waals surface area contributed by atoms with Crippen molar-refractivity contribution in [3.05, 3.63) is 36.7 Å². The lowest BCUT2D eigenvalue weighted by molar-refractivity contribution is 0.569. The van der Waals surface area contributed by atoms with Crippen molar-refractivity contribution in [3.63, 3.8) is 0 Å². The highest BCUT2D eigenvalue weighted by Crippen LogP contribution is 2.22. The van der Waals surface area contributed by atoms with E-state index >= 15 is 0 Å². The first-order valence-corrected chi connectivity index (χ1v) is 8.68. The topological polar surface area (TPSA) is 76.9 Å². The van der Waals surface area contributed by atoms with Crippen LogP contribution in [0.5, 0.6) is 0 Å². The van der Waals surface area contributed by atoms with Crippen molar-refractivity contribution in [1.82, 2.24) is 15.0 Å². The van der Waals surface area contributed by atoms with Gasteiger partial charge in [0.15, 0.2) is 9.84 Å². The van der Waals surface area contributed by atoms with E-state index in [2.05, 4.69) is 15.6 Å². The molecular weight excluding hydrogens is 288 g/mol. The molecule has 0 aliphatic heterocycles. The number of hydrogen-bond acceptors (Lipinski definition) is 5. The molecule has 21 heavy (non-hydrogen) atoms. The number of rotatable bonds is 8. The number of hydrogen-bond donors (Lipinski definition) is 1. The summed E-state index contributed by atoms with van der Waals surface area (Å²) in [5, 5.41) is 10.8. The third-order valence-corrected chi connectivity index (χ3v) is 5.02. The molecule has 1 N–H and O–H groups in total. The third-order valence-electron chi connectivity index (χ3n) is 3.05. The molecule has 0 bridgehead atoms. The lowest BCUT2D eigenvalue weighted by atomic mass is 10.3. The van der Waals surface area contributed by atoms with Gasteiger partial charge in [0.05, 0.1) is 22.5 Å². The normalized spacial score (nSPS) is 11.5. The fourth-order valence-corrected chi connectivity index (χ4v) is 3.60. The molecule has 0 aliphatic rings. The highest BCUT2D eigenvalue weighted by atomic mass is 32.2. The number of aryl methyl sites for hydroxylation is 1. The van der Waals surface area contributed by atoms with Crippen molar-refractivity contribution in [2.45, 2.75) is 31.2 Å². The number of aromatic nitrogens is 3. The van der Waals surface area contributed by atoms with Gasteiger partial charge in [-0.3, -0.25) is 4.68 Å². The molecule has 0 spiro atoms. The van der Waals surface area contributed by atoms with Crippen molar-refractivity contribution in [2.24, 2.45) is 0 Å². The minimum atomic E-state index is -3.21. The Morgan fingerprint density at radius 2 is 2.10 bits per heavy atom. The zero-order valence-electron chi connectivity index (χ0n) is 12.1. The van der Waals surface area contributed by atoms with Crippen LogP contribution in [-0.4, -0.2) is 35.7 Å². The maximum atomic E-state index is 12.2. The zero-order chi connectivity index (χ0) is 15.1. The second-order valence-electron chi connectivity index (χ2n) is 4.76. The SMILES string of the molecule is CCCS(=O)(=O)c1ccccc1NCCCn1ccnn1. The maximum absolute atomic E-state index is 12.2. The van der Waals surface area contributed by atoms with Crippen molar-refractivity contribution >= 4 is 15.5 Å². The summed E-state index contributed by atoms with van der Waals surface area (Å²) in [6, 6.07) is 7.05. The lowest BCUT2D eigenvalue weighted by Gasteiger charge is -2.12. The van der Waals surface area contributed by atoms with Crippen LogP contribution in [0.1, 0.15) is 19.8 Å². The molecular formula is C14H20N4O2S. The minimum absolute atomic E-state index is 0.171. The Labute approximate surface area is 125 Å². The van der Waals surface area contributed by atoms with E-state index in [0.717, 1.165) is 13.0 Å². The van der Waals surface area contributed by atoms with E-state index in [4.69, 9.17) is 0 Å². The van der Waals surface area contributed by atoms with Crippen LogP contribution < -0.4 is 5.32 Å². The standard InChI is InChI=1S/C14H20N4O2S/c1-2-12-21(19,20)14-7-4-3-6-13(14)15-8-5-10-18-11-9-16-17-18/h3-4,6-7,9,11,15H,2,5,8,10,12H2,1H3. The number of benzene rings is 1. The molecule has 0 radical (unpaired) electrons. The van der Waals surface area contributed by atoms with Crippen molar-refractivity contribution in [1.29, 1.82) is 0 Å².